The Hall–Kier alpha value is -1.98. The zero-order chi connectivity index (χ0) is 17.2. The molecule has 5 nitrogen and oxygen atoms in total. The first kappa shape index (κ1) is 18.8. The molecular weight excluding hydrogens is 348 g/mol. The summed E-state index contributed by atoms with van der Waals surface area (Å²) in [6.45, 7) is 0. The molecule has 3 N–H and O–H groups in total. The van der Waals surface area contributed by atoms with Gasteiger partial charge in [0.25, 0.3) is 0 Å². The predicted octanol–water partition coefficient (Wildman–Crippen LogP) is 3.66. The van der Waals surface area contributed by atoms with Gasteiger partial charge in [-0.2, -0.15) is 0 Å². The fourth-order valence-electron chi connectivity index (χ4n) is 4.44. The summed E-state index contributed by atoms with van der Waals surface area (Å²) in [5, 5.41) is 3.08. The molecule has 1 aromatic heterocycles. The number of nitrogens with one attached hydrogen (secondary N) is 1. The average molecular weight is 373 g/mol. The lowest BCUT2D eigenvalue weighted by Crippen LogP contribution is -2.48. The van der Waals surface area contributed by atoms with Gasteiger partial charge >= 0.3 is 0 Å². The second-order valence-corrected chi connectivity index (χ2v) is 7.39. The number of benzene rings is 1. The quantitative estimate of drug-likeness (QED) is 0.861. The Kier molecular flexibility index (Phi) is 5.89. The molecule has 0 saturated heterocycles. The Morgan fingerprint density at radius 1 is 1.00 bits per heavy atom. The standard InChI is InChI=1S/C20H24N4O.ClH/c21-19-14-2-1-3-15(19)9-16(8-14)20(25)24-18-6-4-13(5-7-18)17-10-22-12-23-11-17;/h4-7,10-12,14-16,19H,1-3,8-9,21H2,(H,24,25);1H. The van der Waals surface area contributed by atoms with Crippen LogP contribution in [0.1, 0.15) is 32.1 Å². The second kappa shape index (κ2) is 8.14. The van der Waals surface area contributed by atoms with Crippen LogP contribution in [-0.2, 0) is 4.79 Å². The molecule has 0 aliphatic heterocycles. The molecule has 2 atom stereocenters. The number of nitrogens with two attached hydrogens (primary N) is 1. The van der Waals surface area contributed by atoms with Crippen molar-refractivity contribution in [3.05, 3.63) is 43.0 Å². The Labute approximate surface area is 160 Å². The first-order valence-corrected chi connectivity index (χ1v) is 9.12. The van der Waals surface area contributed by atoms with E-state index in [1.807, 2.05) is 24.3 Å². The van der Waals surface area contributed by atoms with E-state index in [4.69, 9.17) is 5.73 Å². The van der Waals surface area contributed by atoms with Crippen LogP contribution in [0.15, 0.2) is 43.0 Å². The molecule has 26 heavy (non-hydrogen) atoms. The summed E-state index contributed by atoms with van der Waals surface area (Å²) in [7, 11) is 0. The molecule has 1 amide bonds. The lowest BCUT2D eigenvalue weighted by Gasteiger charge is -2.43. The maximum atomic E-state index is 12.7. The highest BCUT2D eigenvalue weighted by molar-refractivity contribution is 5.92. The van der Waals surface area contributed by atoms with Crippen molar-refractivity contribution in [1.29, 1.82) is 0 Å². The molecule has 2 aromatic rings. The van der Waals surface area contributed by atoms with Crippen LogP contribution >= 0.6 is 12.4 Å². The van der Waals surface area contributed by atoms with Gasteiger partial charge in [0.15, 0.2) is 0 Å². The number of halogens is 1. The zero-order valence-corrected chi connectivity index (χ0v) is 15.5. The molecule has 1 aromatic carbocycles. The third-order valence-electron chi connectivity index (χ3n) is 5.83. The second-order valence-electron chi connectivity index (χ2n) is 7.39. The van der Waals surface area contributed by atoms with Crippen molar-refractivity contribution in [3.8, 4) is 11.1 Å². The van der Waals surface area contributed by atoms with Gasteiger partial charge < -0.3 is 11.1 Å². The molecule has 0 spiro atoms. The largest absolute Gasteiger partial charge is 0.327 e. The van der Waals surface area contributed by atoms with E-state index < -0.39 is 0 Å². The minimum absolute atomic E-state index is 0. The molecule has 2 aliphatic carbocycles. The predicted molar refractivity (Wildman–Crippen MR) is 105 cm³/mol. The molecule has 0 radical (unpaired) electrons. The fourth-order valence-corrected chi connectivity index (χ4v) is 4.44. The van der Waals surface area contributed by atoms with E-state index in [1.54, 1.807) is 12.4 Å². The minimum atomic E-state index is 0. The van der Waals surface area contributed by atoms with Gasteiger partial charge in [0.05, 0.1) is 0 Å². The van der Waals surface area contributed by atoms with Gasteiger partial charge in [0.2, 0.25) is 5.91 Å². The number of aromatic nitrogens is 2. The lowest BCUT2D eigenvalue weighted by molar-refractivity contribution is -0.122. The van der Waals surface area contributed by atoms with Crippen LogP contribution in [0.3, 0.4) is 0 Å². The number of hydrogen-bond donors (Lipinski definition) is 2. The van der Waals surface area contributed by atoms with Crippen molar-refractivity contribution in [1.82, 2.24) is 9.97 Å². The number of carbonyl (C=O) groups excluding carboxylic acids is 1. The first-order valence-electron chi connectivity index (χ1n) is 9.12. The van der Waals surface area contributed by atoms with Crippen molar-refractivity contribution in [2.24, 2.45) is 23.5 Å². The van der Waals surface area contributed by atoms with Crippen LogP contribution in [0.5, 0.6) is 0 Å². The third kappa shape index (κ3) is 3.89. The highest BCUT2D eigenvalue weighted by atomic mass is 35.5. The van der Waals surface area contributed by atoms with Crippen LogP contribution in [0.2, 0.25) is 0 Å². The molecule has 1 heterocycles. The summed E-state index contributed by atoms with van der Waals surface area (Å²) in [4.78, 5) is 20.8. The zero-order valence-electron chi connectivity index (χ0n) is 14.7. The minimum Gasteiger partial charge on any atom is -0.327 e. The van der Waals surface area contributed by atoms with Crippen molar-refractivity contribution < 1.29 is 4.79 Å². The highest BCUT2D eigenvalue weighted by Gasteiger charge is 2.40. The fraction of sp³-hybridized carbons (Fsp3) is 0.450. The van der Waals surface area contributed by atoms with E-state index in [1.165, 1.54) is 25.6 Å². The maximum Gasteiger partial charge on any atom is 0.227 e. The van der Waals surface area contributed by atoms with E-state index >= 15 is 0 Å². The Bertz CT molecular complexity index is 723. The topological polar surface area (TPSA) is 80.9 Å². The lowest BCUT2D eigenvalue weighted by atomic mass is 9.65. The number of rotatable bonds is 3. The first-order chi connectivity index (χ1) is 12.2. The van der Waals surface area contributed by atoms with Crippen molar-refractivity contribution in [2.75, 3.05) is 5.32 Å². The number of amides is 1. The summed E-state index contributed by atoms with van der Waals surface area (Å²) in [5.74, 6) is 1.27. The molecule has 2 unspecified atom stereocenters. The summed E-state index contributed by atoms with van der Waals surface area (Å²) >= 11 is 0. The van der Waals surface area contributed by atoms with E-state index in [-0.39, 0.29) is 24.2 Å². The number of fused-ring (bicyclic) bond motifs is 2. The van der Waals surface area contributed by atoms with Gasteiger partial charge in [-0.15, -0.1) is 12.4 Å². The molecule has 2 saturated carbocycles. The summed E-state index contributed by atoms with van der Waals surface area (Å²) in [6, 6.07) is 8.15. The number of hydrogen-bond acceptors (Lipinski definition) is 4. The van der Waals surface area contributed by atoms with E-state index in [0.717, 1.165) is 29.7 Å². The van der Waals surface area contributed by atoms with Crippen LogP contribution in [0.25, 0.3) is 11.1 Å². The van der Waals surface area contributed by atoms with Gasteiger partial charge in [0, 0.05) is 35.6 Å². The summed E-state index contributed by atoms with van der Waals surface area (Å²) < 4.78 is 0. The van der Waals surface area contributed by atoms with Crippen LogP contribution in [0, 0.1) is 17.8 Å². The SMILES string of the molecule is Cl.NC1C2CCCC1CC(C(=O)Nc1ccc(-c3cncnc3)cc1)C2. The monoisotopic (exact) mass is 372 g/mol. The maximum absolute atomic E-state index is 12.7. The molecule has 138 valence electrons. The van der Waals surface area contributed by atoms with Crippen LogP contribution in [0.4, 0.5) is 5.69 Å². The van der Waals surface area contributed by atoms with Crippen LogP contribution < -0.4 is 11.1 Å². The molecular formula is C20H25ClN4O. The molecule has 6 heteroatoms. The van der Waals surface area contributed by atoms with Gasteiger partial charge in [0.1, 0.15) is 6.33 Å². The highest BCUT2D eigenvalue weighted by Crippen LogP contribution is 2.42. The average Bonchev–Trinajstić information content (AvgIpc) is 2.63. The van der Waals surface area contributed by atoms with Crippen molar-refractivity contribution >= 4 is 24.0 Å². The van der Waals surface area contributed by atoms with E-state index in [0.29, 0.717) is 17.9 Å². The van der Waals surface area contributed by atoms with Crippen molar-refractivity contribution in [2.45, 2.75) is 38.1 Å². The van der Waals surface area contributed by atoms with Crippen LogP contribution in [-0.4, -0.2) is 21.9 Å². The summed E-state index contributed by atoms with van der Waals surface area (Å²) in [6.07, 6.45) is 10.6. The smallest absolute Gasteiger partial charge is 0.227 e. The molecule has 2 aliphatic rings. The summed E-state index contributed by atoms with van der Waals surface area (Å²) in [5.41, 5.74) is 9.17. The normalized spacial score (nSPS) is 27.3. The molecule has 4 rings (SSSR count). The van der Waals surface area contributed by atoms with E-state index in [9.17, 15) is 4.79 Å². The molecule has 2 fully saturated rings. The van der Waals surface area contributed by atoms with E-state index in [2.05, 4.69) is 15.3 Å². The third-order valence-corrected chi connectivity index (χ3v) is 5.83. The van der Waals surface area contributed by atoms with Gasteiger partial charge in [-0.1, -0.05) is 18.6 Å². The van der Waals surface area contributed by atoms with Crippen molar-refractivity contribution in [3.63, 3.8) is 0 Å². The molecule has 2 bridgehead atoms. The Morgan fingerprint density at radius 2 is 1.62 bits per heavy atom. The van der Waals surface area contributed by atoms with Gasteiger partial charge in [-0.05, 0) is 55.2 Å². The Morgan fingerprint density at radius 3 is 2.23 bits per heavy atom. The number of anilines is 1. The number of nitrogens with zero attached hydrogens (tertiary/aromatic N) is 2. The van der Waals surface area contributed by atoms with Gasteiger partial charge in [-0.25, -0.2) is 9.97 Å². The van der Waals surface area contributed by atoms with Gasteiger partial charge in [-0.3, -0.25) is 4.79 Å². The Balaban J connectivity index is 0.00000196. The number of carbonyl (C=O) groups is 1.